The highest BCUT2D eigenvalue weighted by Gasteiger charge is 2.16. The van der Waals surface area contributed by atoms with Gasteiger partial charge in [0.15, 0.2) is 0 Å². The largest absolute Gasteiger partial charge is 0.467 e. The molecule has 0 radical (unpaired) electrons. The van der Waals surface area contributed by atoms with Crippen LogP contribution < -0.4 is 5.32 Å². The van der Waals surface area contributed by atoms with Crippen molar-refractivity contribution in [2.75, 3.05) is 12.4 Å². The standard InChI is InChI=1S/C14H13BrN2O2/c1-3-11(14(18)19-2)17-12-6-4-5-9-7-10(15)8-16-13(9)12/h3-8,11,17H,1H2,2H3. The van der Waals surface area contributed by atoms with Crippen molar-refractivity contribution in [2.24, 2.45) is 0 Å². The van der Waals surface area contributed by atoms with Crippen LogP contribution in [0.5, 0.6) is 0 Å². The number of methoxy groups -OCH3 is 1. The van der Waals surface area contributed by atoms with E-state index in [1.807, 2.05) is 24.3 Å². The van der Waals surface area contributed by atoms with Crippen molar-refractivity contribution in [3.05, 3.63) is 47.6 Å². The van der Waals surface area contributed by atoms with Crippen molar-refractivity contribution >= 4 is 38.5 Å². The van der Waals surface area contributed by atoms with Gasteiger partial charge in [0.2, 0.25) is 0 Å². The second-order valence-corrected chi connectivity index (χ2v) is 4.83. The molecule has 5 heteroatoms. The summed E-state index contributed by atoms with van der Waals surface area (Å²) in [6.07, 6.45) is 3.22. The average Bonchev–Trinajstić information content (AvgIpc) is 2.43. The summed E-state index contributed by atoms with van der Waals surface area (Å²) in [6, 6.07) is 7.09. The molecule has 0 aliphatic rings. The lowest BCUT2D eigenvalue weighted by Crippen LogP contribution is -2.28. The highest BCUT2D eigenvalue weighted by atomic mass is 79.9. The number of aromatic nitrogens is 1. The number of pyridine rings is 1. The van der Waals surface area contributed by atoms with E-state index in [1.54, 1.807) is 6.20 Å². The number of benzene rings is 1. The van der Waals surface area contributed by atoms with Gasteiger partial charge in [0.25, 0.3) is 0 Å². The molecule has 0 amide bonds. The Labute approximate surface area is 119 Å². The molecule has 1 unspecified atom stereocenters. The number of carbonyl (C=O) groups is 1. The van der Waals surface area contributed by atoms with E-state index in [0.717, 1.165) is 21.1 Å². The molecule has 2 aromatic rings. The summed E-state index contributed by atoms with van der Waals surface area (Å²) in [6.45, 7) is 3.63. The Balaban J connectivity index is 2.40. The monoisotopic (exact) mass is 320 g/mol. The molecule has 0 aliphatic heterocycles. The fourth-order valence-electron chi connectivity index (χ4n) is 1.76. The average molecular weight is 321 g/mol. The number of hydrogen-bond donors (Lipinski definition) is 1. The van der Waals surface area contributed by atoms with Crippen molar-refractivity contribution in [1.82, 2.24) is 4.98 Å². The van der Waals surface area contributed by atoms with Crippen LogP contribution in [0.25, 0.3) is 10.9 Å². The predicted octanol–water partition coefficient (Wildman–Crippen LogP) is 3.14. The van der Waals surface area contributed by atoms with Crippen LogP contribution >= 0.6 is 15.9 Å². The van der Waals surface area contributed by atoms with Gasteiger partial charge in [0.1, 0.15) is 6.04 Å². The lowest BCUT2D eigenvalue weighted by molar-refractivity contribution is -0.140. The van der Waals surface area contributed by atoms with Gasteiger partial charge in [-0.3, -0.25) is 4.98 Å². The normalized spacial score (nSPS) is 11.9. The third-order valence-corrected chi connectivity index (χ3v) is 3.11. The number of nitrogens with zero attached hydrogens (tertiary/aromatic N) is 1. The van der Waals surface area contributed by atoms with Crippen LogP contribution in [0, 0.1) is 0 Å². The molecule has 0 fully saturated rings. The van der Waals surface area contributed by atoms with E-state index in [9.17, 15) is 4.79 Å². The van der Waals surface area contributed by atoms with Crippen molar-refractivity contribution in [3.8, 4) is 0 Å². The lowest BCUT2D eigenvalue weighted by atomic mass is 10.1. The van der Waals surface area contributed by atoms with E-state index in [0.29, 0.717) is 0 Å². The van der Waals surface area contributed by atoms with Crippen LogP contribution in [0.2, 0.25) is 0 Å². The molecular weight excluding hydrogens is 308 g/mol. The SMILES string of the molecule is C=CC(Nc1cccc2cc(Br)cnc12)C(=O)OC. The molecule has 2 rings (SSSR count). The molecule has 19 heavy (non-hydrogen) atoms. The van der Waals surface area contributed by atoms with Crippen LogP contribution in [0.4, 0.5) is 5.69 Å². The van der Waals surface area contributed by atoms with E-state index in [4.69, 9.17) is 4.74 Å². The summed E-state index contributed by atoms with van der Waals surface area (Å²) < 4.78 is 5.61. The minimum atomic E-state index is -0.596. The van der Waals surface area contributed by atoms with Gasteiger partial charge < -0.3 is 10.1 Å². The first-order chi connectivity index (χ1) is 9.15. The van der Waals surface area contributed by atoms with Crippen molar-refractivity contribution < 1.29 is 9.53 Å². The van der Waals surface area contributed by atoms with Gasteiger partial charge in [0.05, 0.1) is 18.3 Å². The zero-order chi connectivity index (χ0) is 13.8. The number of rotatable bonds is 4. The second kappa shape index (κ2) is 5.84. The Morgan fingerprint density at radius 1 is 1.58 bits per heavy atom. The molecule has 1 heterocycles. The molecule has 0 saturated heterocycles. The Morgan fingerprint density at radius 2 is 2.37 bits per heavy atom. The number of nitrogens with one attached hydrogen (secondary N) is 1. The van der Waals surface area contributed by atoms with Crippen molar-refractivity contribution in [3.63, 3.8) is 0 Å². The fraction of sp³-hybridized carbons (Fsp3) is 0.143. The third kappa shape index (κ3) is 2.93. The maximum atomic E-state index is 11.6. The minimum absolute atomic E-state index is 0.385. The van der Waals surface area contributed by atoms with E-state index < -0.39 is 6.04 Å². The number of ether oxygens (including phenoxy) is 1. The number of halogens is 1. The second-order valence-electron chi connectivity index (χ2n) is 3.91. The molecule has 1 aromatic heterocycles. The molecule has 0 aliphatic carbocycles. The zero-order valence-corrected chi connectivity index (χ0v) is 12.0. The van der Waals surface area contributed by atoms with E-state index in [2.05, 4.69) is 32.8 Å². The molecule has 1 aromatic carbocycles. The smallest absolute Gasteiger partial charge is 0.332 e. The molecule has 1 atom stereocenters. The summed E-state index contributed by atoms with van der Waals surface area (Å²) in [5, 5.41) is 4.05. The van der Waals surface area contributed by atoms with E-state index in [1.165, 1.54) is 13.2 Å². The Bertz CT molecular complexity index is 628. The maximum Gasteiger partial charge on any atom is 0.332 e. The lowest BCUT2D eigenvalue weighted by Gasteiger charge is -2.15. The van der Waals surface area contributed by atoms with Crippen LogP contribution in [-0.4, -0.2) is 24.1 Å². The quantitative estimate of drug-likeness (QED) is 0.694. The zero-order valence-electron chi connectivity index (χ0n) is 10.4. The summed E-state index contributed by atoms with van der Waals surface area (Å²) >= 11 is 3.38. The Kier molecular flexibility index (Phi) is 4.16. The number of fused-ring (bicyclic) bond motifs is 1. The molecule has 0 saturated carbocycles. The van der Waals surface area contributed by atoms with E-state index in [-0.39, 0.29) is 5.97 Å². The molecular formula is C14H13BrN2O2. The maximum absolute atomic E-state index is 11.6. The van der Waals surface area contributed by atoms with Crippen LogP contribution in [-0.2, 0) is 9.53 Å². The van der Waals surface area contributed by atoms with Gasteiger partial charge in [-0.25, -0.2) is 4.79 Å². The molecule has 0 bridgehead atoms. The Hall–Kier alpha value is -1.88. The minimum Gasteiger partial charge on any atom is -0.467 e. The fourth-order valence-corrected chi connectivity index (χ4v) is 2.11. The highest BCUT2D eigenvalue weighted by Crippen LogP contribution is 2.24. The molecule has 1 N–H and O–H groups in total. The first-order valence-corrected chi connectivity index (χ1v) is 6.46. The number of esters is 1. The van der Waals surface area contributed by atoms with Crippen LogP contribution in [0.15, 0.2) is 47.6 Å². The Morgan fingerprint density at radius 3 is 3.05 bits per heavy atom. The van der Waals surface area contributed by atoms with Crippen LogP contribution in [0.3, 0.4) is 0 Å². The first kappa shape index (κ1) is 13.5. The molecule has 98 valence electrons. The molecule has 0 spiro atoms. The van der Waals surface area contributed by atoms with Crippen LogP contribution in [0.1, 0.15) is 0 Å². The summed E-state index contributed by atoms with van der Waals surface area (Å²) in [7, 11) is 1.35. The van der Waals surface area contributed by atoms with E-state index >= 15 is 0 Å². The summed E-state index contributed by atoms with van der Waals surface area (Å²) in [4.78, 5) is 15.9. The third-order valence-electron chi connectivity index (χ3n) is 2.68. The van der Waals surface area contributed by atoms with Gasteiger partial charge >= 0.3 is 5.97 Å². The number of anilines is 1. The van der Waals surface area contributed by atoms with Crippen molar-refractivity contribution in [2.45, 2.75) is 6.04 Å². The topological polar surface area (TPSA) is 51.2 Å². The highest BCUT2D eigenvalue weighted by molar-refractivity contribution is 9.10. The van der Waals surface area contributed by atoms with Gasteiger partial charge in [0, 0.05) is 16.1 Å². The van der Waals surface area contributed by atoms with Crippen molar-refractivity contribution in [1.29, 1.82) is 0 Å². The first-order valence-electron chi connectivity index (χ1n) is 5.67. The number of para-hydroxylation sites is 1. The summed E-state index contributed by atoms with van der Waals surface area (Å²) in [5.74, 6) is -0.385. The number of carbonyl (C=O) groups excluding carboxylic acids is 1. The van der Waals surface area contributed by atoms with Gasteiger partial charge in [-0.2, -0.15) is 0 Å². The predicted molar refractivity (Wildman–Crippen MR) is 79.1 cm³/mol. The van der Waals surface area contributed by atoms with Gasteiger partial charge in [-0.05, 0) is 28.1 Å². The summed E-state index contributed by atoms with van der Waals surface area (Å²) in [5.41, 5.74) is 1.56. The van der Waals surface area contributed by atoms with Gasteiger partial charge in [-0.1, -0.05) is 18.2 Å². The number of hydrogen-bond acceptors (Lipinski definition) is 4. The van der Waals surface area contributed by atoms with Gasteiger partial charge in [-0.15, -0.1) is 6.58 Å². The molecule has 4 nitrogen and oxygen atoms in total.